The lowest BCUT2D eigenvalue weighted by molar-refractivity contribution is 0.459. The van der Waals surface area contributed by atoms with Gasteiger partial charge >= 0.3 is 0 Å². The second kappa shape index (κ2) is 4.88. The van der Waals surface area contributed by atoms with Crippen LogP contribution in [-0.2, 0) is 0 Å². The average molecular weight is 306 g/mol. The summed E-state index contributed by atoms with van der Waals surface area (Å²) < 4.78 is 11.6. The fourth-order valence-electron chi connectivity index (χ4n) is 2.69. The highest BCUT2D eigenvalue weighted by atomic mass is 16.5. The molecule has 0 bridgehead atoms. The molecule has 3 aromatic rings. The molecule has 1 N–H and O–H groups in total. The first kappa shape index (κ1) is 13.9. The quantitative estimate of drug-likeness (QED) is 0.697. The summed E-state index contributed by atoms with van der Waals surface area (Å²) >= 11 is 0. The molecule has 0 unspecified atom stereocenters. The minimum absolute atomic E-state index is 0.536. The van der Waals surface area contributed by atoms with Crippen molar-refractivity contribution in [3.63, 3.8) is 0 Å². The Bertz CT molecular complexity index is 895. The number of benzene rings is 2. The maximum atomic E-state index is 5.84. The monoisotopic (exact) mass is 306 g/mol. The molecule has 1 aromatic heterocycles. The maximum absolute atomic E-state index is 5.84. The first-order chi connectivity index (χ1) is 11.0. The highest BCUT2D eigenvalue weighted by Gasteiger charge is 2.18. The summed E-state index contributed by atoms with van der Waals surface area (Å²) in [7, 11) is 0. The topological polar surface area (TPSA) is 47.3 Å². The van der Waals surface area contributed by atoms with Crippen LogP contribution in [0.1, 0.15) is 28.1 Å². The van der Waals surface area contributed by atoms with E-state index in [1.54, 1.807) is 6.08 Å². The molecule has 0 spiro atoms. The summed E-state index contributed by atoms with van der Waals surface area (Å²) in [4.78, 5) is 4.51. The molecule has 0 atom stereocenters. The van der Waals surface area contributed by atoms with Crippen molar-refractivity contribution >= 4 is 22.9 Å². The van der Waals surface area contributed by atoms with Gasteiger partial charge in [-0.15, -0.1) is 0 Å². The summed E-state index contributed by atoms with van der Waals surface area (Å²) in [6.07, 6.45) is 1.79. The first-order valence-corrected chi connectivity index (χ1v) is 7.65. The molecule has 0 amide bonds. The van der Waals surface area contributed by atoms with Crippen molar-refractivity contribution in [1.29, 1.82) is 0 Å². The van der Waals surface area contributed by atoms with E-state index in [-0.39, 0.29) is 0 Å². The third-order valence-electron chi connectivity index (χ3n) is 4.35. The molecule has 23 heavy (non-hydrogen) atoms. The van der Waals surface area contributed by atoms with Crippen molar-refractivity contribution in [2.75, 3.05) is 5.32 Å². The molecule has 116 valence electrons. The van der Waals surface area contributed by atoms with E-state index >= 15 is 0 Å². The van der Waals surface area contributed by atoms with E-state index in [0.717, 1.165) is 22.5 Å². The molecular formula is C19H18N2O2. The fourth-order valence-corrected chi connectivity index (χ4v) is 2.69. The third-order valence-corrected chi connectivity index (χ3v) is 4.35. The maximum Gasteiger partial charge on any atom is 0.225 e. The zero-order valence-corrected chi connectivity index (χ0v) is 13.7. The normalized spacial score (nSPS) is 14.9. The summed E-state index contributed by atoms with van der Waals surface area (Å²) in [6.45, 7) is 8.31. The molecule has 4 nitrogen and oxygen atoms in total. The number of fused-ring (bicyclic) bond motifs is 2. The number of nitrogens with one attached hydrogen (secondary N) is 1. The Labute approximate surface area is 134 Å². The number of hydrogen-bond donors (Lipinski definition) is 1. The van der Waals surface area contributed by atoms with Crippen LogP contribution in [0.3, 0.4) is 0 Å². The predicted molar refractivity (Wildman–Crippen MR) is 91.6 cm³/mol. The molecule has 4 heteroatoms. The molecule has 0 aliphatic carbocycles. The van der Waals surface area contributed by atoms with Crippen LogP contribution >= 0.6 is 0 Å². The van der Waals surface area contributed by atoms with Crippen LogP contribution < -0.4 is 10.1 Å². The van der Waals surface area contributed by atoms with Gasteiger partial charge in [-0.3, -0.25) is 0 Å². The molecule has 0 saturated carbocycles. The van der Waals surface area contributed by atoms with Gasteiger partial charge < -0.3 is 14.5 Å². The molecule has 0 radical (unpaired) electrons. The summed E-state index contributed by atoms with van der Waals surface area (Å²) in [5, 5.41) is 3.26. The van der Waals surface area contributed by atoms with E-state index in [2.05, 4.69) is 44.1 Å². The number of ether oxygens (including phenoxy) is 1. The van der Waals surface area contributed by atoms with Crippen molar-refractivity contribution < 1.29 is 9.15 Å². The van der Waals surface area contributed by atoms with Gasteiger partial charge in [0.25, 0.3) is 0 Å². The lowest BCUT2D eigenvalue weighted by Gasteiger charge is -2.01. The van der Waals surface area contributed by atoms with Crippen LogP contribution in [-0.4, -0.2) is 4.98 Å². The third kappa shape index (κ3) is 2.36. The number of hydrogen-bond acceptors (Lipinski definition) is 4. The number of rotatable bonds is 1. The Morgan fingerprint density at radius 3 is 2.43 bits per heavy atom. The molecule has 0 fully saturated rings. The predicted octanol–water partition coefficient (Wildman–Crippen LogP) is 4.86. The van der Waals surface area contributed by atoms with Gasteiger partial charge in [-0.1, -0.05) is 0 Å². The largest absolute Gasteiger partial charge is 0.439 e. The average Bonchev–Trinajstić information content (AvgIpc) is 3.03. The zero-order valence-electron chi connectivity index (χ0n) is 13.7. The number of anilines is 1. The number of oxazole rings is 1. The van der Waals surface area contributed by atoms with Crippen LogP contribution in [0.2, 0.25) is 0 Å². The van der Waals surface area contributed by atoms with Gasteiger partial charge in [-0.25, -0.2) is 4.98 Å². The van der Waals surface area contributed by atoms with Gasteiger partial charge in [0.15, 0.2) is 11.3 Å². The van der Waals surface area contributed by atoms with Crippen LogP contribution in [0.4, 0.5) is 5.69 Å². The van der Waals surface area contributed by atoms with Gasteiger partial charge in [0.05, 0.1) is 11.8 Å². The Kier molecular flexibility index (Phi) is 2.94. The minimum Gasteiger partial charge on any atom is -0.439 e. The van der Waals surface area contributed by atoms with E-state index in [9.17, 15) is 0 Å². The van der Waals surface area contributed by atoms with Crippen molar-refractivity contribution in [2.24, 2.45) is 0 Å². The number of nitrogens with zero attached hydrogens (tertiary/aromatic N) is 1. The molecule has 1 aliphatic heterocycles. The smallest absolute Gasteiger partial charge is 0.225 e. The van der Waals surface area contributed by atoms with Crippen molar-refractivity contribution in [2.45, 2.75) is 27.7 Å². The lowest BCUT2D eigenvalue weighted by Crippen LogP contribution is -1.96. The van der Waals surface area contributed by atoms with Gasteiger partial charge in [0.1, 0.15) is 5.52 Å². The van der Waals surface area contributed by atoms with Crippen molar-refractivity contribution in [3.05, 3.63) is 58.3 Å². The van der Waals surface area contributed by atoms with Crippen LogP contribution in [0.15, 0.2) is 34.6 Å². The van der Waals surface area contributed by atoms with E-state index in [4.69, 9.17) is 9.15 Å². The van der Waals surface area contributed by atoms with Crippen LogP contribution in [0, 0.1) is 27.7 Å². The number of aromatic nitrogens is 1. The minimum atomic E-state index is 0.536. The van der Waals surface area contributed by atoms with Gasteiger partial charge in [0, 0.05) is 0 Å². The van der Waals surface area contributed by atoms with Gasteiger partial charge in [0.2, 0.25) is 11.8 Å². The second-order valence-corrected chi connectivity index (χ2v) is 6.12. The highest BCUT2D eigenvalue weighted by Crippen LogP contribution is 2.36. The Morgan fingerprint density at radius 1 is 0.913 bits per heavy atom. The summed E-state index contributed by atoms with van der Waals surface area (Å²) in [5.41, 5.74) is 7.47. The molecule has 4 rings (SSSR count). The highest BCUT2D eigenvalue weighted by molar-refractivity contribution is 5.77. The first-order valence-electron chi connectivity index (χ1n) is 7.65. The summed E-state index contributed by atoms with van der Waals surface area (Å²) in [6, 6.07) is 8.19. The number of aryl methyl sites for hydroxylation is 4. The molecule has 0 saturated heterocycles. The van der Waals surface area contributed by atoms with Crippen molar-refractivity contribution in [3.8, 4) is 5.75 Å². The van der Waals surface area contributed by atoms with Crippen molar-refractivity contribution in [1.82, 2.24) is 4.98 Å². The standard InChI is InChI=1S/C19H18N2O2/c1-10-5-14-16(7-12(10)3)22-18(20-14)9-19-21-15-6-11(2)13(4)8-17(15)23-19/h5-9,20H,1-4H3/b18-9+. The van der Waals surface area contributed by atoms with E-state index < -0.39 is 0 Å². The zero-order chi connectivity index (χ0) is 16.1. The lowest BCUT2D eigenvalue weighted by atomic mass is 10.1. The Hall–Kier alpha value is -2.75. The Morgan fingerprint density at radius 2 is 1.61 bits per heavy atom. The molecule has 1 aliphatic rings. The van der Waals surface area contributed by atoms with Gasteiger partial charge in [-0.2, -0.15) is 0 Å². The Balaban J connectivity index is 1.69. The fraction of sp³-hybridized carbons (Fsp3) is 0.211. The van der Waals surface area contributed by atoms with Gasteiger partial charge in [-0.05, 0) is 74.2 Å². The SMILES string of the molecule is Cc1cc2c(cc1C)O/C(=C/c1nc3cc(C)c(C)cc3o1)N2. The van der Waals surface area contributed by atoms with E-state index in [1.165, 1.54) is 22.3 Å². The molecular weight excluding hydrogens is 288 g/mol. The van der Waals surface area contributed by atoms with Crippen LogP contribution in [0.25, 0.3) is 17.2 Å². The van der Waals surface area contributed by atoms with E-state index in [1.807, 2.05) is 18.2 Å². The van der Waals surface area contributed by atoms with E-state index in [0.29, 0.717) is 11.8 Å². The molecule has 2 aromatic carbocycles. The second-order valence-electron chi connectivity index (χ2n) is 6.12. The van der Waals surface area contributed by atoms with Crippen LogP contribution in [0.5, 0.6) is 5.75 Å². The molecule has 2 heterocycles. The summed E-state index contributed by atoms with van der Waals surface area (Å²) in [5.74, 6) is 2.00.